The maximum Gasteiger partial charge on any atom is 0.280 e. The van der Waals surface area contributed by atoms with E-state index in [2.05, 4.69) is 57.3 Å². The Morgan fingerprint density at radius 2 is 2.10 bits per heavy atom. The zero-order valence-corrected chi connectivity index (χ0v) is 14.4. The zero-order valence-electron chi connectivity index (χ0n) is 10.4. The van der Waals surface area contributed by atoms with Gasteiger partial charge >= 0.3 is 0 Å². The molecule has 1 aromatic rings. The number of hydrogen-bond acceptors (Lipinski definition) is 6. The summed E-state index contributed by atoms with van der Waals surface area (Å²) >= 11 is 7.97. The maximum atomic E-state index is 12.0. The lowest BCUT2D eigenvalue weighted by Crippen LogP contribution is -2.38. The summed E-state index contributed by atoms with van der Waals surface area (Å²) in [5.74, 6) is -0.403. The molecule has 1 unspecified atom stereocenters. The Labute approximate surface area is 136 Å². The number of nitrogens with zero attached hydrogens (tertiary/aromatic N) is 3. The molecule has 1 amide bonds. The minimum atomic E-state index is -0.569. The van der Waals surface area contributed by atoms with Gasteiger partial charge < -0.3 is 16.6 Å². The van der Waals surface area contributed by atoms with Crippen molar-refractivity contribution in [2.24, 2.45) is 4.99 Å². The molecule has 0 aliphatic heterocycles. The Morgan fingerprint density at radius 3 is 2.70 bits per heavy atom. The van der Waals surface area contributed by atoms with Gasteiger partial charge in [-0.1, -0.05) is 34.2 Å². The van der Waals surface area contributed by atoms with Crippen molar-refractivity contribution in [2.75, 3.05) is 22.4 Å². The monoisotopic (exact) mass is 429 g/mol. The summed E-state index contributed by atoms with van der Waals surface area (Å²) in [6, 6.07) is 0. The van der Waals surface area contributed by atoms with Gasteiger partial charge in [-0.2, -0.15) is 0 Å². The molecule has 8 nitrogen and oxygen atoms in total. The number of rotatable bonds is 4. The molecule has 6 N–H and O–H groups in total. The van der Waals surface area contributed by atoms with E-state index < -0.39 is 5.91 Å². The van der Waals surface area contributed by atoms with Crippen LogP contribution in [-0.2, 0) is 0 Å². The number of aliphatic imine (C=N–C) groups is 1. The standard InChI is InChI=1S/C9H14ClIN7OP/c10-5-7(13)16-6(12)4(15-5)8(19)17-9(18-20)14-3-1-2-11/h1-3,20H2,(H4,12,13,16)(H2,14,17,18,19). The lowest BCUT2D eigenvalue weighted by molar-refractivity contribution is 0.0972. The highest BCUT2D eigenvalue weighted by Gasteiger charge is 2.17. The normalized spacial score (nSPS) is 11.2. The molecule has 0 fully saturated rings. The Hall–Kier alpha value is -0.930. The molecule has 0 radical (unpaired) electrons. The number of guanidine groups is 1. The fraction of sp³-hybridized carbons (Fsp3) is 0.333. The highest BCUT2D eigenvalue weighted by molar-refractivity contribution is 14.1. The number of aromatic nitrogens is 2. The minimum absolute atomic E-state index is 0.0270. The molecule has 20 heavy (non-hydrogen) atoms. The number of nitrogens with two attached hydrogens (primary N) is 2. The molecule has 110 valence electrons. The highest BCUT2D eigenvalue weighted by atomic mass is 127. The Balaban J connectivity index is 2.84. The molecule has 1 heterocycles. The van der Waals surface area contributed by atoms with E-state index in [1.807, 2.05) is 0 Å². The van der Waals surface area contributed by atoms with E-state index in [0.29, 0.717) is 12.5 Å². The minimum Gasteiger partial charge on any atom is -0.382 e. The van der Waals surface area contributed by atoms with Crippen LogP contribution in [0.25, 0.3) is 0 Å². The average Bonchev–Trinajstić information content (AvgIpc) is 2.41. The number of anilines is 2. The number of alkyl halides is 1. The van der Waals surface area contributed by atoms with Crippen molar-refractivity contribution in [1.82, 2.24) is 20.4 Å². The quantitative estimate of drug-likeness (QED) is 0.138. The molecule has 1 aromatic heterocycles. The summed E-state index contributed by atoms with van der Waals surface area (Å²) in [5.41, 5.74) is 10.9. The van der Waals surface area contributed by atoms with E-state index in [1.54, 1.807) is 0 Å². The molecule has 0 aliphatic rings. The molecule has 0 saturated heterocycles. The summed E-state index contributed by atoms with van der Waals surface area (Å²) in [4.78, 5) is 23.7. The third-order valence-electron chi connectivity index (χ3n) is 2.05. The van der Waals surface area contributed by atoms with Gasteiger partial charge in [0.2, 0.25) is 5.96 Å². The number of carbonyl (C=O) groups is 1. The van der Waals surface area contributed by atoms with Crippen LogP contribution in [0.1, 0.15) is 16.9 Å². The molecule has 0 saturated carbocycles. The Morgan fingerprint density at radius 1 is 1.40 bits per heavy atom. The second-order valence-electron chi connectivity index (χ2n) is 3.50. The fourth-order valence-corrected chi connectivity index (χ4v) is 1.78. The average molecular weight is 430 g/mol. The summed E-state index contributed by atoms with van der Waals surface area (Å²) < 4.78 is 0.978. The summed E-state index contributed by atoms with van der Waals surface area (Å²) in [7, 11) is 2.25. The van der Waals surface area contributed by atoms with Crippen LogP contribution in [0, 0.1) is 0 Å². The summed E-state index contributed by atoms with van der Waals surface area (Å²) in [6.07, 6.45) is 0.905. The van der Waals surface area contributed by atoms with Crippen LogP contribution in [-0.4, -0.2) is 32.8 Å². The number of nitrogens with one attached hydrogen (secondary N) is 2. The van der Waals surface area contributed by atoms with Crippen molar-refractivity contribution in [3.63, 3.8) is 0 Å². The first-order chi connectivity index (χ1) is 9.49. The van der Waals surface area contributed by atoms with Gasteiger partial charge in [-0.05, 0) is 15.8 Å². The molecule has 1 rings (SSSR count). The fourth-order valence-electron chi connectivity index (χ4n) is 1.15. The Bertz CT molecular complexity index is 527. The van der Waals surface area contributed by atoms with Gasteiger partial charge in [0.15, 0.2) is 22.5 Å². The molecule has 11 heteroatoms. The van der Waals surface area contributed by atoms with Crippen molar-refractivity contribution in [1.29, 1.82) is 0 Å². The van der Waals surface area contributed by atoms with Crippen LogP contribution in [0.2, 0.25) is 5.15 Å². The van der Waals surface area contributed by atoms with Crippen LogP contribution < -0.4 is 21.9 Å². The van der Waals surface area contributed by atoms with Gasteiger partial charge in [0.1, 0.15) is 0 Å². The van der Waals surface area contributed by atoms with E-state index in [1.165, 1.54) is 0 Å². The zero-order chi connectivity index (χ0) is 15.1. The summed E-state index contributed by atoms with van der Waals surface area (Å²) in [6.45, 7) is 0.587. The van der Waals surface area contributed by atoms with Crippen molar-refractivity contribution >= 4 is 67.1 Å². The third kappa shape index (κ3) is 4.88. The van der Waals surface area contributed by atoms with Crippen LogP contribution in [0.4, 0.5) is 11.6 Å². The number of carbonyl (C=O) groups excluding carboxylic acids is 1. The van der Waals surface area contributed by atoms with Gasteiger partial charge in [0.25, 0.3) is 5.91 Å². The van der Waals surface area contributed by atoms with Gasteiger partial charge in [-0.15, -0.1) is 0 Å². The predicted molar refractivity (Wildman–Crippen MR) is 92.0 cm³/mol. The van der Waals surface area contributed by atoms with Crippen LogP contribution >= 0.6 is 43.6 Å². The number of halogens is 2. The van der Waals surface area contributed by atoms with E-state index in [4.69, 9.17) is 23.1 Å². The van der Waals surface area contributed by atoms with E-state index in [-0.39, 0.29) is 22.5 Å². The molecular formula is C9H14ClIN7OP. The molecule has 0 aromatic carbocycles. The Kier molecular flexibility index (Phi) is 7.17. The van der Waals surface area contributed by atoms with Crippen LogP contribution in [0.3, 0.4) is 0 Å². The number of nitrogen functional groups attached to an aromatic ring is 2. The van der Waals surface area contributed by atoms with Crippen molar-refractivity contribution in [2.45, 2.75) is 6.42 Å². The predicted octanol–water partition coefficient (Wildman–Crippen LogP) is 0.585. The van der Waals surface area contributed by atoms with Gasteiger partial charge in [0.05, 0.1) is 0 Å². The molecule has 0 aliphatic carbocycles. The first-order valence-electron chi connectivity index (χ1n) is 5.46. The molecule has 0 bridgehead atoms. The van der Waals surface area contributed by atoms with Crippen molar-refractivity contribution < 1.29 is 4.79 Å². The smallest absolute Gasteiger partial charge is 0.280 e. The van der Waals surface area contributed by atoms with Crippen LogP contribution in [0.5, 0.6) is 0 Å². The first-order valence-corrected chi connectivity index (χ1v) is 7.94. The largest absolute Gasteiger partial charge is 0.382 e. The van der Waals surface area contributed by atoms with Crippen LogP contribution in [0.15, 0.2) is 4.99 Å². The lowest BCUT2D eigenvalue weighted by atomic mass is 10.4. The van der Waals surface area contributed by atoms with Gasteiger partial charge in [-0.25, -0.2) is 9.97 Å². The number of amides is 1. The summed E-state index contributed by atoms with van der Waals surface area (Å²) in [5, 5.41) is 5.14. The molecule has 1 atom stereocenters. The maximum absolute atomic E-state index is 12.0. The number of hydrogen-bond donors (Lipinski definition) is 4. The van der Waals surface area contributed by atoms with E-state index in [0.717, 1.165) is 10.8 Å². The second-order valence-corrected chi connectivity index (χ2v) is 5.23. The van der Waals surface area contributed by atoms with Crippen molar-refractivity contribution in [3.05, 3.63) is 10.8 Å². The topological polar surface area (TPSA) is 131 Å². The molecular weight excluding hydrogens is 415 g/mol. The molecule has 0 spiro atoms. The van der Waals surface area contributed by atoms with Crippen molar-refractivity contribution in [3.8, 4) is 0 Å². The highest BCUT2D eigenvalue weighted by Crippen LogP contribution is 2.17. The third-order valence-corrected chi connectivity index (χ3v) is 3.36. The lowest BCUT2D eigenvalue weighted by Gasteiger charge is -2.09. The first kappa shape index (κ1) is 17.1. The second kappa shape index (κ2) is 8.38. The van der Waals surface area contributed by atoms with Gasteiger partial charge in [-0.3, -0.25) is 15.1 Å². The van der Waals surface area contributed by atoms with Gasteiger partial charge in [0, 0.05) is 11.0 Å². The van der Waals surface area contributed by atoms with E-state index in [9.17, 15) is 4.79 Å². The van der Waals surface area contributed by atoms with E-state index >= 15 is 0 Å². The SMILES string of the molecule is Nc1nc(N)c(C(=O)NC(=NCCCI)NP)nc1Cl.